The zero-order valence-electron chi connectivity index (χ0n) is 12.2. The molecule has 4 nitrogen and oxygen atoms in total. The van der Waals surface area contributed by atoms with Crippen LogP contribution in [0.1, 0.15) is 34.3 Å². The van der Waals surface area contributed by atoms with E-state index < -0.39 is 0 Å². The normalized spacial score (nSPS) is 10.6. The number of aromatic nitrogens is 2. The lowest BCUT2D eigenvalue weighted by Gasteiger charge is -2.13. The molecule has 0 aliphatic heterocycles. The van der Waals surface area contributed by atoms with E-state index in [1.165, 1.54) is 22.0 Å². The molecule has 0 spiro atoms. The Balaban J connectivity index is 1.85. The Morgan fingerprint density at radius 2 is 2.00 bits per heavy atom. The highest BCUT2D eigenvalue weighted by Gasteiger charge is 2.07. The minimum Gasteiger partial charge on any atom is -0.493 e. The monoisotopic (exact) mass is 272 g/mol. The van der Waals surface area contributed by atoms with E-state index in [0.29, 0.717) is 19.4 Å². The number of carbonyl (C=O) groups excluding carboxylic acids is 1. The van der Waals surface area contributed by atoms with E-state index in [0.717, 1.165) is 11.3 Å². The molecule has 2 rings (SSSR count). The number of nitrogens with zero attached hydrogens (tertiary/aromatic N) is 2. The molecular weight excluding hydrogens is 252 g/mol. The third-order valence-electron chi connectivity index (χ3n) is 3.45. The predicted octanol–water partition coefficient (Wildman–Crippen LogP) is 3.31. The third-order valence-corrected chi connectivity index (χ3v) is 3.45. The van der Waals surface area contributed by atoms with Gasteiger partial charge in [0.25, 0.3) is 0 Å². The summed E-state index contributed by atoms with van der Waals surface area (Å²) < 4.78 is 7.34. The van der Waals surface area contributed by atoms with Gasteiger partial charge in [0.05, 0.1) is 6.61 Å². The van der Waals surface area contributed by atoms with Crippen molar-refractivity contribution in [3.8, 4) is 5.75 Å². The molecule has 1 aromatic heterocycles. The molecule has 2 aromatic rings. The standard InChI is InChI=1S/C16H20N2O2/c1-12-6-7-13(2)16(14(12)3)20-10-4-5-15(19)18-9-8-17-11-18/h6-9,11H,4-5,10H2,1-3H3. The quantitative estimate of drug-likeness (QED) is 0.784. The average molecular weight is 272 g/mol. The highest BCUT2D eigenvalue weighted by Crippen LogP contribution is 2.25. The highest BCUT2D eigenvalue weighted by atomic mass is 16.5. The van der Waals surface area contributed by atoms with Crippen LogP contribution in [-0.4, -0.2) is 22.1 Å². The van der Waals surface area contributed by atoms with Crippen LogP contribution in [0.2, 0.25) is 0 Å². The molecule has 20 heavy (non-hydrogen) atoms. The summed E-state index contributed by atoms with van der Waals surface area (Å²) in [6.07, 6.45) is 5.95. The molecular formula is C16H20N2O2. The molecule has 0 saturated carbocycles. The van der Waals surface area contributed by atoms with E-state index in [4.69, 9.17) is 4.74 Å². The largest absolute Gasteiger partial charge is 0.493 e. The first kappa shape index (κ1) is 14.3. The second kappa shape index (κ2) is 6.37. The Labute approximate surface area is 119 Å². The zero-order chi connectivity index (χ0) is 14.5. The van der Waals surface area contributed by atoms with Gasteiger partial charge in [0.2, 0.25) is 5.91 Å². The number of rotatable bonds is 5. The summed E-state index contributed by atoms with van der Waals surface area (Å²) in [5, 5.41) is 0. The van der Waals surface area contributed by atoms with Crippen molar-refractivity contribution in [2.75, 3.05) is 6.61 Å². The van der Waals surface area contributed by atoms with Crippen molar-refractivity contribution < 1.29 is 9.53 Å². The van der Waals surface area contributed by atoms with E-state index in [1.807, 2.05) is 6.92 Å². The summed E-state index contributed by atoms with van der Waals surface area (Å²) in [5.41, 5.74) is 3.53. The second-order valence-electron chi connectivity index (χ2n) is 4.97. The fraction of sp³-hybridized carbons (Fsp3) is 0.375. The summed E-state index contributed by atoms with van der Waals surface area (Å²) in [7, 11) is 0. The minimum absolute atomic E-state index is 0.0452. The van der Waals surface area contributed by atoms with Crippen LogP contribution >= 0.6 is 0 Å². The van der Waals surface area contributed by atoms with Gasteiger partial charge in [0.1, 0.15) is 12.1 Å². The molecule has 1 heterocycles. The first-order valence-corrected chi connectivity index (χ1v) is 6.80. The van der Waals surface area contributed by atoms with Crippen molar-refractivity contribution in [2.24, 2.45) is 0 Å². The predicted molar refractivity (Wildman–Crippen MR) is 78.2 cm³/mol. The van der Waals surface area contributed by atoms with E-state index >= 15 is 0 Å². The first-order chi connectivity index (χ1) is 9.59. The smallest absolute Gasteiger partial charge is 0.231 e. The highest BCUT2D eigenvalue weighted by molar-refractivity contribution is 5.78. The van der Waals surface area contributed by atoms with Gasteiger partial charge < -0.3 is 4.74 Å². The van der Waals surface area contributed by atoms with Crippen LogP contribution < -0.4 is 4.74 Å². The van der Waals surface area contributed by atoms with Crippen LogP contribution in [0.4, 0.5) is 0 Å². The Morgan fingerprint density at radius 1 is 1.25 bits per heavy atom. The molecule has 0 atom stereocenters. The van der Waals surface area contributed by atoms with Gasteiger partial charge in [-0.2, -0.15) is 0 Å². The number of ether oxygens (including phenoxy) is 1. The summed E-state index contributed by atoms with van der Waals surface area (Å²) in [6.45, 7) is 6.72. The SMILES string of the molecule is Cc1ccc(C)c(OCCCC(=O)n2ccnc2)c1C. The van der Waals surface area contributed by atoms with Crippen LogP contribution in [0.5, 0.6) is 5.75 Å². The maximum Gasteiger partial charge on any atom is 0.231 e. The van der Waals surface area contributed by atoms with E-state index in [1.54, 1.807) is 12.4 Å². The van der Waals surface area contributed by atoms with Crippen molar-refractivity contribution in [1.29, 1.82) is 0 Å². The lowest BCUT2D eigenvalue weighted by molar-refractivity contribution is 0.0893. The first-order valence-electron chi connectivity index (χ1n) is 6.80. The lowest BCUT2D eigenvalue weighted by Crippen LogP contribution is -2.10. The van der Waals surface area contributed by atoms with Gasteiger partial charge in [-0.05, 0) is 43.9 Å². The molecule has 4 heteroatoms. The molecule has 0 unspecified atom stereocenters. The summed E-state index contributed by atoms with van der Waals surface area (Å²) in [5.74, 6) is 0.990. The molecule has 0 bridgehead atoms. The number of imidazole rings is 1. The number of hydrogen-bond acceptors (Lipinski definition) is 3. The van der Waals surface area contributed by atoms with E-state index in [-0.39, 0.29) is 5.91 Å². The van der Waals surface area contributed by atoms with Crippen molar-refractivity contribution in [3.05, 3.63) is 47.5 Å². The molecule has 1 aromatic carbocycles. The van der Waals surface area contributed by atoms with Crippen LogP contribution in [0.3, 0.4) is 0 Å². The van der Waals surface area contributed by atoms with Gasteiger partial charge in [0, 0.05) is 18.8 Å². The fourth-order valence-corrected chi connectivity index (χ4v) is 2.08. The molecule has 0 radical (unpaired) electrons. The number of aryl methyl sites for hydroxylation is 2. The van der Waals surface area contributed by atoms with Gasteiger partial charge in [-0.25, -0.2) is 4.98 Å². The summed E-state index contributed by atoms with van der Waals surface area (Å²) in [4.78, 5) is 15.6. The van der Waals surface area contributed by atoms with Gasteiger partial charge in [-0.3, -0.25) is 9.36 Å². The zero-order valence-corrected chi connectivity index (χ0v) is 12.2. The maximum atomic E-state index is 11.8. The van der Waals surface area contributed by atoms with E-state index in [2.05, 4.69) is 31.0 Å². The molecule has 0 amide bonds. The van der Waals surface area contributed by atoms with Crippen molar-refractivity contribution >= 4 is 5.91 Å². The summed E-state index contributed by atoms with van der Waals surface area (Å²) >= 11 is 0. The molecule has 0 N–H and O–H groups in total. The van der Waals surface area contributed by atoms with Crippen LogP contribution in [0.15, 0.2) is 30.9 Å². The van der Waals surface area contributed by atoms with Gasteiger partial charge in [-0.1, -0.05) is 12.1 Å². The number of carbonyl (C=O) groups is 1. The van der Waals surface area contributed by atoms with Crippen LogP contribution in [0.25, 0.3) is 0 Å². The maximum absolute atomic E-state index is 11.8. The third kappa shape index (κ3) is 3.26. The fourth-order valence-electron chi connectivity index (χ4n) is 2.08. The molecule has 0 saturated heterocycles. The lowest BCUT2D eigenvalue weighted by atomic mass is 10.1. The van der Waals surface area contributed by atoms with Gasteiger partial charge in [0.15, 0.2) is 0 Å². The van der Waals surface area contributed by atoms with Crippen molar-refractivity contribution in [2.45, 2.75) is 33.6 Å². The minimum atomic E-state index is 0.0452. The van der Waals surface area contributed by atoms with E-state index in [9.17, 15) is 4.79 Å². The van der Waals surface area contributed by atoms with Crippen LogP contribution in [-0.2, 0) is 0 Å². The molecule has 0 aliphatic carbocycles. The molecule has 106 valence electrons. The Morgan fingerprint density at radius 3 is 2.70 bits per heavy atom. The second-order valence-corrected chi connectivity index (χ2v) is 4.97. The van der Waals surface area contributed by atoms with Gasteiger partial charge >= 0.3 is 0 Å². The summed E-state index contributed by atoms with van der Waals surface area (Å²) in [6, 6.07) is 4.16. The van der Waals surface area contributed by atoms with Crippen LogP contribution in [0, 0.1) is 20.8 Å². The topological polar surface area (TPSA) is 44.1 Å². The molecule has 0 aliphatic rings. The Hall–Kier alpha value is -2.10. The van der Waals surface area contributed by atoms with Crippen molar-refractivity contribution in [3.63, 3.8) is 0 Å². The van der Waals surface area contributed by atoms with Crippen molar-refractivity contribution in [1.82, 2.24) is 9.55 Å². The van der Waals surface area contributed by atoms with Gasteiger partial charge in [-0.15, -0.1) is 0 Å². The average Bonchev–Trinajstić information content (AvgIpc) is 2.96. The Bertz CT molecular complexity index is 589. The Kier molecular flexibility index (Phi) is 4.56. The molecule has 0 fully saturated rings. The number of hydrogen-bond donors (Lipinski definition) is 0. The number of benzene rings is 1.